The number of rotatable bonds is 23. The lowest BCUT2D eigenvalue weighted by Crippen LogP contribution is -2.29. The second-order valence-electron chi connectivity index (χ2n) is 49.2. The highest BCUT2D eigenvalue weighted by atomic mass is 16.6. The molecule has 32 rings (SSSR count). The average molecular weight is 1950 g/mol. The second kappa shape index (κ2) is 43.4. The molecule has 11 fully saturated rings. The quantitative estimate of drug-likeness (QED) is 0.0389. The van der Waals surface area contributed by atoms with Crippen LogP contribution in [0.15, 0.2) is 310 Å². The van der Waals surface area contributed by atoms with E-state index in [0.29, 0.717) is 131 Å². The van der Waals surface area contributed by atoms with E-state index < -0.39 is 0 Å². The Labute approximate surface area is 865 Å². The largest absolute Gasteiger partial charge is 0.458 e. The van der Waals surface area contributed by atoms with Crippen molar-refractivity contribution in [1.29, 1.82) is 0 Å². The summed E-state index contributed by atoms with van der Waals surface area (Å²) >= 11 is 0. The van der Waals surface area contributed by atoms with Crippen LogP contribution in [0.25, 0.3) is 0 Å². The molecule has 3 aromatic carbocycles. The smallest absolute Gasteiger partial charge is 0.338 e. The summed E-state index contributed by atoms with van der Waals surface area (Å²) in [6, 6.07) is 29.2. The molecule has 0 saturated heterocycles. The third kappa shape index (κ3) is 19.7. The molecule has 11 heteroatoms. The van der Waals surface area contributed by atoms with Gasteiger partial charge in [0.05, 0.1) is 30.3 Å². The number of benzene rings is 3. The summed E-state index contributed by atoms with van der Waals surface area (Å²) in [6.45, 7) is 7.89. The predicted molar refractivity (Wildman–Crippen MR) is 574 cm³/mol. The summed E-state index contributed by atoms with van der Waals surface area (Å²) < 4.78 is 40.1. The van der Waals surface area contributed by atoms with Crippen molar-refractivity contribution in [3.63, 3.8) is 0 Å². The summed E-state index contributed by atoms with van der Waals surface area (Å²) in [6.07, 6.45) is 114. The van der Waals surface area contributed by atoms with E-state index in [-0.39, 0.29) is 48.3 Å². The molecule has 0 radical (unpaired) electrons. The van der Waals surface area contributed by atoms with Crippen LogP contribution in [0.2, 0.25) is 0 Å². The first-order valence-corrected chi connectivity index (χ1v) is 58.2. The number of aryl methyl sites for hydroxylation is 1. The summed E-state index contributed by atoms with van der Waals surface area (Å²) in [7, 11) is 1.83. The van der Waals surface area contributed by atoms with E-state index in [0.717, 1.165) is 167 Å². The summed E-state index contributed by atoms with van der Waals surface area (Å²) in [5, 5.41) is 0. The van der Waals surface area contributed by atoms with E-state index in [9.17, 15) is 19.2 Å². The fourth-order valence-corrected chi connectivity index (χ4v) is 35.5. The van der Waals surface area contributed by atoms with Gasteiger partial charge in [-0.25, -0.2) is 4.79 Å². The minimum absolute atomic E-state index is 0.00165. The molecule has 0 spiro atoms. The number of methoxy groups -OCH3 is 1. The molecule has 0 aromatic heterocycles. The lowest BCUT2D eigenvalue weighted by Gasteiger charge is -2.29. The van der Waals surface area contributed by atoms with E-state index in [1.807, 2.05) is 73.8 Å². The van der Waals surface area contributed by atoms with Gasteiger partial charge in [-0.2, -0.15) is 0 Å². The number of hydrogen-bond donors (Lipinski definition) is 0. The monoisotopic (exact) mass is 1950 g/mol. The van der Waals surface area contributed by atoms with Gasteiger partial charge in [0.1, 0.15) is 24.4 Å². The second-order valence-corrected chi connectivity index (χ2v) is 49.2. The van der Waals surface area contributed by atoms with E-state index >= 15 is 0 Å². The van der Waals surface area contributed by atoms with Crippen LogP contribution in [0.5, 0.6) is 0 Å². The van der Waals surface area contributed by atoms with Crippen LogP contribution >= 0.6 is 0 Å². The Morgan fingerprint density at radius 3 is 0.986 bits per heavy atom. The molecule has 0 aliphatic heterocycles. The SMILES string of the molecule is C1=CC2C3C=CC(C3)C2C1.C1=CC2CC1C1CC3C4C=CC(C4)C3C21.CC(=O)OC1C=CC2C3C=CC(C3)C12.CCCCCCCCOC1C=CC2C3C=CC(C3)C12.CCCCOC1C=CC2C3C=CC(C3)C12.COC1C=CC2C3C=CC(C3)C12.O=C(CCc1ccccc1)OC1C=CC2C3C=CC(C3)C12.O=C(Cc1ccccc1)OC1C=CC2C3C=CC(C3)C12.O=C(OC1C=CC2C3C=CC(C3)C12)c1ccccc1. The first kappa shape index (κ1) is 97.8. The number of allylic oxidation sites excluding steroid dienone is 29. The number of carbonyl (C=O) groups is 4. The zero-order valence-corrected chi connectivity index (χ0v) is 86.2. The summed E-state index contributed by atoms with van der Waals surface area (Å²) in [5.41, 5.74) is 2.85. The minimum Gasteiger partial charge on any atom is -0.458 e. The molecule has 29 aliphatic rings. The number of unbranched alkanes of at least 4 members (excludes halogenated alkanes) is 6. The van der Waals surface area contributed by atoms with Crippen molar-refractivity contribution in [2.45, 2.75) is 211 Å². The molecule has 145 heavy (non-hydrogen) atoms. The molecule has 47 atom stereocenters. The van der Waals surface area contributed by atoms with Crippen molar-refractivity contribution < 1.29 is 52.3 Å². The molecule has 0 N–H and O–H groups in total. The maximum absolute atomic E-state index is 12.1. The lowest BCUT2D eigenvalue weighted by molar-refractivity contribution is -0.150. The molecule has 3 aromatic rings. The molecule has 47 unspecified atom stereocenters. The molecule has 29 aliphatic carbocycles. The Bertz CT molecular complexity index is 5630. The van der Waals surface area contributed by atoms with Crippen molar-refractivity contribution in [2.24, 2.45) is 237 Å². The van der Waals surface area contributed by atoms with Gasteiger partial charge in [-0.1, -0.05) is 326 Å². The molecule has 0 heterocycles. The fraction of sp³-hybridized carbons (Fsp3) is 0.567. The zero-order valence-electron chi connectivity index (χ0n) is 86.2. The number of carbonyl (C=O) groups excluding carboxylic acids is 4. The van der Waals surface area contributed by atoms with E-state index in [1.165, 1.54) is 134 Å². The van der Waals surface area contributed by atoms with Gasteiger partial charge in [-0.15, -0.1) is 0 Å². The van der Waals surface area contributed by atoms with Gasteiger partial charge in [-0.3, -0.25) is 14.4 Å². The average Bonchev–Trinajstić information content (AvgIpc) is 1.54. The first-order valence-electron chi connectivity index (χ1n) is 58.2. The van der Waals surface area contributed by atoms with Gasteiger partial charge in [0.25, 0.3) is 0 Å². The topological polar surface area (TPSA) is 133 Å². The van der Waals surface area contributed by atoms with Gasteiger partial charge in [0, 0.05) is 75.1 Å². The molecule has 11 nitrogen and oxygen atoms in total. The van der Waals surface area contributed by atoms with Gasteiger partial charge < -0.3 is 33.2 Å². The highest BCUT2D eigenvalue weighted by Gasteiger charge is 2.63. The maximum Gasteiger partial charge on any atom is 0.338 e. The number of ether oxygens (including phenoxy) is 7. The Hall–Kier alpha value is -9.26. The van der Waals surface area contributed by atoms with Crippen molar-refractivity contribution in [3.05, 3.63) is 326 Å². The van der Waals surface area contributed by atoms with Crippen LogP contribution in [0.1, 0.15) is 177 Å². The van der Waals surface area contributed by atoms with Crippen LogP contribution in [0.4, 0.5) is 0 Å². The Morgan fingerprint density at radius 1 is 0.262 bits per heavy atom. The zero-order chi connectivity index (χ0) is 97.9. The fourth-order valence-electron chi connectivity index (χ4n) is 35.5. The summed E-state index contributed by atoms with van der Waals surface area (Å²) in [5.74, 6) is 30.9. The predicted octanol–water partition coefficient (Wildman–Crippen LogP) is 27.4. The molecular weight excluding hydrogens is 1790 g/mol. The van der Waals surface area contributed by atoms with Crippen LogP contribution in [0.3, 0.4) is 0 Å². The van der Waals surface area contributed by atoms with Gasteiger partial charge in [-0.05, 0) is 339 Å². The van der Waals surface area contributed by atoms with Crippen molar-refractivity contribution in [1.82, 2.24) is 0 Å². The van der Waals surface area contributed by atoms with Gasteiger partial charge in [0.2, 0.25) is 0 Å². The van der Waals surface area contributed by atoms with Crippen LogP contribution in [-0.2, 0) is 60.4 Å². The van der Waals surface area contributed by atoms with Gasteiger partial charge >= 0.3 is 23.9 Å². The first-order chi connectivity index (χ1) is 71.3. The molecular formula is C134H160O11. The molecule has 0 amide bonds. The third-order valence-corrected chi connectivity index (χ3v) is 41.8. The molecule has 11 saturated carbocycles. The van der Waals surface area contributed by atoms with E-state index in [1.54, 1.807) is 18.6 Å². The number of hydrogen-bond acceptors (Lipinski definition) is 11. The van der Waals surface area contributed by atoms with Crippen molar-refractivity contribution in [2.75, 3.05) is 20.3 Å². The number of fused-ring (bicyclic) bond motifs is 51. The standard InChI is InChI=1S/C19H20O2.C18H18O2.C18H28O.C17H16O2.C15H18.C14H20O.C12H14O2.C11H14O.C10H12/c20-18(11-6-13-4-2-1-3-5-13)21-17-10-9-16-14-7-8-15(12-14)19(16)17;19-17(10-12-4-2-1-3-5-12)20-16-9-8-15-13-6-7-14(11-13)18(15)16;1-2-3-4-5-6-7-12-19-17-11-10-16-14-8-9-15(13-14)18(16)17;18-17(11-4-2-1-3-5-11)19-15-9-8-14-12-6-7-13(10-12)16(14)15;1-3-10-5-8(1)12-7-13-9-2-4-11(6-9)15(13)14(10)12;1-2-3-8-15-13-7-6-12-10-4-5-11(9-10)14(12)13;1-7(13)14-11-5-4-10-8-2-3-9(6-8)12(10)11;1-12-10-5-4-9-7-2-3-8(6-7)11(9)10;1-2-9-7-4-5-8(6-7)10(9)3-1/h1-5,7-10,14-17,19H,6,11-12H2;1-9,13-16,18H,10-11H2;8-11,14-18H,2-7,12-13H2,1H3;1-9,12-16H,10H2;1-4,8-15H,5-7H2;4-7,10-14H,2-3,8-9H2,1H3;2-5,8-12H,6H2,1H3;2-5,7-11H,6H2,1H3;1-2,4-5,7-10H,3,6H2. The Kier molecular flexibility index (Phi) is 29.2. The van der Waals surface area contributed by atoms with E-state index in [2.05, 4.69) is 245 Å². The Balaban J connectivity index is 0.0000000882. The summed E-state index contributed by atoms with van der Waals surface area (Å²) in [4.78, 5) is 47.2. The highest BCUT2D eigenvalue weighted by Crippen LogP contribution is 2.69. The minimum atomic E-state index is -0.206. The van der Waals surface area contributed by atoms with Crippen LogP contribution < -0.4 is 0 Å². The van der Waals surface area contributed by atoms with Crippen molar-refractivity contribution >= 4 is 23.9 Å². The van der Waals surface area contributed by atoms with E-state index in [4.69, 9.17) is 33.2 Å². The molecule has 762 valence electrons. The maximum atomic E-state index is 12.1. The highest BCUT2D eigenvalue weighted by molar-refractivity contribution is 5.89. The van der Waals surface area contributed by atoms with Gasteiger partial charge in [0.15, 0.2) is 0 Å². The normalized spacial score (nSPS) is 44.3. The van der Waals surface area contributed by atoms with Crippen LogP contribution in [0, 0.1) is 237 Å². The molecule has 20 bridgehead atoms. The third-order valence-electron chi connectivity index (χ3n) is 41.8. The number of esters is 4. The lowest BCUT2D eigenvalue weighted by atomic mass is 9.75. The Morgan fingerprint density at radius 2 is 0.572 bits per heavy atom. The van der Waals surface area contributed by atoms with Crippen molar-refractivity contribution in [3.8, 4) is 0 Å². The van der Waals surface area contributed by atoms with Crippen LogP contribution in [-0.4, -0.2) is 86.9 Å².